The van der Waals surface area contributed by atoms with Gasteiger partial charge in [-0.2, -0.15) is 0 Å². The fourth-order valence-corrected chi connectivity index (χ4v) is 1.94. The molecule has 3 heteroatoms. The number of rotatable bonds is 13. The molecular weight excluding hydrogens is 238 g/mol. The van der Waals surface area contributed by atoms with Crippen LogP contribution in [0, 0.1) is 0 Å². The van der Waals surface area contributed by atoms with Crippen LogP contribution >= 0.6 is 0 Å². The Balaban J connectivity index is 3.39. The van der Waals surface area contributed by atoms with Gasteiger partial charge in [-0.3, -0.25) is 0 Å². The highest BCUT2D eigenvalue weighted by atomic mass is 16.5. The zero-order chi connectivity index (χ0) is 14.5. The molecule has 0 aromatic carbocycles. The molecule has 0 aliphatic heterocycles. The van der Waals surface area contributed by atoms with Crippen LogP contribution in [0.15, 0.2) is 0 Å². The van der Waals surface area contributed by atoms with Crippen molar-refractivity contribution in [2.75, 3.05) is 32.8 Å². The molecule has 0 unspecified atom stereocenters. The predicted molar refractivity (Wildman–Crippen MR) is 82.8 cm³/mol. The van der Waals surface area contributed by atoms with E-state index in [1.54, 1.807) is 0 Å². The summed E-state index contributed by atoms with van der Waals surface area (Å²) in [6, 6.07) is 0. The van der Waals surface area contributed by atoms with Gasteiger partial charge in [0.15, 0.2) is 0 Å². The molecule has 0 rings (SSSR count). The maximum atomic E-state index is 5.56. The first-order chi connectivity index (χ1) is 9.06. The Kier molecular flexibility index (Phi) is 12.8. The molecule has 0 spiro atoms. The fourth-order valence-electron chi connectivity index (χ4n) is 1.94. The van der Waals surface area contributed by atoms with Gasteiger partial charge < -0.3 is 14.4 Å². The lowest BCUT2D eigenvalue weighted by atomic mass is 10.2. The topological polar surface area (TPSA) is 21.7 Å². The third-order valence-corrected chi connectivity index (χ3v) is 3.09. The highest BCUT2D eigenvalue weighted by molar-refractivity contribution is 4.56. The van der Waals surface area contributed by atoms with Crippen LogP contribution in [0.1, 0.15) is 60.3 Å². The average molecular weight is 273 g/mol. The summed E-state index contributed by atoms with van der Waals surface area (Å²) in [5.41, 5.74) is 0. The maximum Gasteiger partial charge on any atom is 0.0518 e. The van der Waals surface area contributed by atoms with Crippen molar-refractivity contribution >= 4 is 0 Å². The van der Waals surface area contributed by atoms with E-state index in [2.05, 4.69) is 39.5 Å². The molecule has 116 valence electrons. The van der Waals surface area contributed by atoms with Crippen molar-refractivity contribution in [2.24, 2.45) is 0 Å². The normalized spacial score (nSPS) is 12.0. The second kappa shape index (κ2) is 12.9. The van der Waals surface area contributed by atoms with Crippen LogP contribution in [-0.2, 0) is 9.47 Å². The summed E-state index contributed by atoms with van der Waals surface area (Å²) in [4.78, 5) is 2.53. The van der Waals surface area contributed by atoms with E-state index >= 15 is 0 Å². The number of nitrogens with zero attached hydrogens (tertiary/aromatic N) is 1. The van der Waals surface area contributed by atoms with Crippen molar-refractivity contribution in [1.82, 2.24) is 4.90 Å². The molecular formula is C16H35NO2. The van der Waals surface area contributed by atoms with Gasteiger partial charge in [0, 0.05) is 13.2 Å². The summed E-state index contributed by atoms with van der Waals surface area (Å²) in [6.45, 7) is 16.0. The lowest BCUT2D eigenvalue weighted by Crippen LogP contribution is -2.26. The van der Waals surface area contributed by atoms with Gasteiger partial charge in [-0.05, 0) is 73.0 Å². The summed E-state index contributed by atoms with van der Waals surface area (Å²) in [7, 11) is 0. The Labute approximate surface area is 120 Å². The van der Waals surface area contributed by atoms with Gasteiger partial charge in [0.2, 0.25) is 0 Å². The fraction of sp³-hybridized carbons (Fsp3) is 1.00. The van der Waals surface area contributed by atoms with Gasteiger partial charge in [0.05, 0.1) is 12.2 Å². The molecule has 3 nitrogen and oxygen atoms in total. The van der Waals surface area contributed by atoms with E-state index in [-0.39, 0.29) is 0 Å². The number of hydrogen-bond acceptors (Lipinski definition) is 3. The molecule has 19 heavy (non-hydrogen) atoms. The van der Waals surface area contributed by atoms with E-state index in [9.17, 15) is 0 Å². The van der Waals surface area contributed by atoms with Crippen molar-refractivity contribution in [1.29, 1.82) is 0 Å². The number of hydrogen-bond donors (Lipinski definition) is 0. The summed E-state index contributed by atoms with van der Waals surface area (Å²) in [6.07, 6.45) is 5.55. The Morgan fingerprint density at radius 2 is 1.16 bits per heavy atom. The largest absolute Gasteiger partial charge is 0.379 e. The number of ether oxygens (including phenoxy) is 2. The molecule has 0 aromatic rings. The monoisotopic (exact) mass is 273 g/mol. The SMILES string of the molecule is CCN(CCCCOC(C)C)CCCCOC(C)C. The van der Waals surface area contributed by atoms with Crippen LogP contribution in [-0.4, -0.2) is 50.0 Å². The smallest absolute Gasteiger partial charge is 0.0518 e. The summed E-state index contributed by atoms with van der Waals surface area (Å²) in [5, 5.41) is 0. The summed E-state index contributed by atoms with van der Waals surface area (Å²) >= 11 is 0. The minimum absolute atomic E-state index is 0.364. The number of unbranched alkanes of at least 4 members (excludes halogenated alkanes) is 2. The standard InChI is InChI=1S/C16H35NO2/c1-6-17(11-7-9-13-18-15(2)3)12-8-10-14-19-16(4)5/h15-16H,6-14H2,1-5H3. The second-order valence-electron chi connectivity index (χ2n) is 5.69. The molecule has 0 radical (unpaired) electrons. The first kappa shape index (κ1) is 18.9. The molecule has 0 saturated heterocycles. The van der Waals surface area contributed by atoms with Crippen molar-refractivity contribution in [3.8, 4) is 0 Å². The van der Waals surface area contributed by atoms with Gasteiger partial charge in [0.1, 0.15) is 0 Å². The Bertz CT molecular complexity index is 166. The van der Waals surface area contributed by atoms with Crippen LogP contribution in [0.4, 0.5) is 0 Å². The molecule has 0 atom stereocenters. The maximum absolute atomic E-state index is 5.56. The third-order valence-electron chi connectivity index (χ3n) is 3.09. The van der Waals surface area contributed by atoms with Crippen molar-refractivity contribution in [3.05, 3.63) is 0 Å². The molecule has 0 saturated carbocycles. The van der Waals surface area contributed by atoms with Gasteiger partial charge in [-0.25, -0.2) is 0 Å². The van der Waals surface area contributed by atoms with Crippen molar-refractivity contribution in [3.63, 3.8) is 0 Å². The molecule has 0 fully saturated rings. The van der Waals surface area contributed by atoms with Crippen LogP contribution in [0.5, 0.6) is 0 Å². The zero-order valence-electron chi connectivity index (χ0n) is 13.8. The summed E-state index contributed by atoms with van der Waals surface area (Å²) < 4.78 is 11.1. The minimum atomic E-state index is 0.364. The third kappa shape index (κ3) is 14.1. The molecule has 0 N–H and O–H groups in total. The van der Waals surface area contributed by atoms with Gasteiger partial charge >= 0.3 is 0 Å². The quantitative estimate of drug-likeness (QED) is 0.477. The van der Waals surface area contributed by atoms with E-state index in [1.807, 2.05) is 0 Å². The molecule has 0 aliphatic carbocycles. The predicted octanol–water partition coefficient (Wildman–Crippen LogP) is 3.72. The van der Waals surface area contributed by atoms with Crippen molar-refractivity contribution < 1.29 is 9.47 Å². The lowest BCUT2D eigenvalue weighted by Gasteiger charge is -2.20. The van der Waals surface area contributed by atoms with Gasteiger partial charge in [-0.15, -0.1) is 0 Å². The van der Waals surface area contributed by atoms with Crippen molar-refractivity contribution in [2.45, 2.75) is 72.5 Å². The van der Waals surface area contributed by atoms with E-state index < -0.39 is 0 Å². The molecule has 0 bridgehead atoms. The molecule has 0 amide bonds. The molecule has 0 aliphatic rings. The van der Waals surface area contributed by atoms with E-state index in [0.29, 0.717) is 12.2 Å². The molecule has 0 aromatic heterocycles. The van der Waals surface area contributed by atoms with Gasteiger partial charge in [0.25, 0.3) is 0 Å². The minimum Gasteiger partial charge on any atom is -0.379 e. The first-order valence-electron chi connectivity index (χ1n) is 8.01. The van der Waals surface area contributed by atoms with Crippen LogP contribution < -0.4 is 0 Å². The first-order valence-corrected chi connectivity index (χ1v) is 8.01. The Hall–Kier alpha value is -0.120. The lowest BCUT2D eigenvalue weighted by molar-refractivity contribution is 0.0718. The van der Waals surface area contributed by atoms with Gasteiger partial charge in [-0.1, -0.05) is 6.92 Å². The highest BCUT2D eigenvalue weighted by Crippen LogP contribution is 2.01. The highest BCUT2D eigenvalue weighted by Gasteiger charge is 2.02. The Morgan fingerprint density at radius 3 is 1.47 bits per heavy atom. The van der Waals surface area contributed by atoms with Crippen LogP contribution in [0.25, 0.3) is 0 Å². The Morgan fingerprint density at radius 1 is 0.737 bits per heavy atom. The van der Waals surface area contributed by atoms with E-state index in [0.717, 1.165) is 19.8 Å². The van der Waals surface area contributed by atoms with E-state index in [1.165, 1.54) is 38.8 Å². The van der Waals surface area contributed by atoms with E-state index in [4.69, 9.17) is 9.47 Å². The zero-order valence-corrected chi connectivity index (χ0v) is 13.8. The summed E-state index contributed by atoms with van der Waals surface area (Å²) in [5.74, 6) is 0. The van der Waals surface area contributed by atoms with Crippen LogP contribution in [0.3, 0.4) is 0 Å². The molecule has 0 heterocycles. The average Bonchev–Trinajstić information content (AvgIpc) is 2.34. The van der Waals surface area contributed by atoms with Crippen LogP contribution in [0.2, 0.25) is 0 Å². The second-order valence-corrected chi connectivity index (χ2v) is 5.69.